The van der Waals surface area contributed by atoms with Crippen molar-refractivity contribution in [1.82, 2.24) is 25.0 Å². The number of carboxylic acid groups (broad SMARTS) is 1. The van der Waals surface area contributed by atoms with Crippen molar-refractivity contribution >= 4 is 46.7 Å². The van der Waals surface area contributed by atoms with Crippen LogP contribution in [0.2, 0.25) is 5.02 Å². The number of esters is 1. The monoisotopic (exact) mass is 590 g/mol. The Morgan fingerprint density at radius 2 is 2.12 bits per heavy atom. The average Bonchev–Trinajstić information content (AvgIpc) is 3.57. The van der Waals surface area contributed by atoms with E-state index < -0.39 is 23.8 Å². The van der Waals surface area contributed by atoms with Crippen molar-refractivity contribution in [1.29, 1.82) is 0 Å². The number of aliphatic imine (C=N–C) groups is 1. The Morgan fingerprint density at radius 3 is 2.85 bits per heavy atom. The fourth-order valence-corrected chi connectivity index (χ4v) is 6.02. The van der Waals surface area contributed by atoms with E-state index in [1.165, 1.54) is 23.5 Å². The summed E-state index contributed by atoms with van der Waals surface area (Å²) in [4.78, 5) is 51.7. The van der Waals surface area contributed by atoms with E-state index in [0.717, 1.165) is 0 Å². The number of aliphatic carboxylic acids is 1. The average molecular weight is 591 g/mol. The fraction of sp³-hybridized carbons (Fsp3) is 0.423. The van der Waals surface area contributed by atoms with Gasteiger partial charge >= 0.3 is 18.0 Å². The predicted molar refractivity (Wildman–Crippen MR) is 146 cm³/mol. The maximum Gasteiger partial charge on any atom is 0.338 e. The third-order valence-electron chi connectivity index (χ3n) is 7.02. The van der Waals surface area contributed by atoms with Gasteiger partial charge in [0.15, 0.2) is 10.8 Å². The number of halogens is 2. The topological polar surface area (TPSA) is 128 Å². The lowest BCUT2D eigenvalue weighted by Crippen LogP contribution is -2.53. The maximum atomic E-state index is 14.5. The van der Waals surface area contributed by atoms with E-state index in [4.69, 9.17) is 26.4 Å². The van der Waals surface area contributed by atoms with Crippen molar-refractivity contribution < 1.29 is 28.6 Å². The van der Waals surface area contributed by atoms with Crippen LogP contribution in [0.4, 0.5) is 9.18 Å². The van der Waals surface area contributed by atoms with Gasteiger partial charge in [-0.3, -0.25) is 14.7 Å². The number of amides is 2. The zero-order valence-electron chi connectivity index (χ0n) is 21.7. The molecule has 14 heteroatoms. The molecule has 0 spiro atoms. The van der Waals surface area contributed by atoms with Gasteiger partial charge in [-0.25, -0.2) is 19.0 Å². The summed E-state index contributed by atoms with van der Waals surface area (Å²) >= 11 is 7.74. The molecule has 2 saturated heterocycles. The van der Waals surface area contributed by atoms with Gasteiger partial charge in [0, 0.05) is 62.1 Å². The van der Waals surface area contributed by atoms with Gasteiger partial charge in [0.05, 0.1) is 29.7 Å². The smallest absolute Gasteiger partial charge is 0.338 e. The second-order valence-corrected chi connectivity index (χ2v) is 10.8. The summed E-state index contributed by atoms with van der Waals surface area (Å²) < 4.78 is 19.9. The van der Waals surface area contributed by atoms with Crippen LogP contribution in [0.1, 0.15) is 30.0 Å². The van der Waals surface area contributed by atoms with Crippen LogP contribution in [0.3, 0.4) is 0 Å². The third kappa shape index (κ3) is 5.67. The summed E-state index contributed by atoms with van der Waals surface area (Å²) in [7, 11) is 0. The number of nitrogens with zero attached hydrogens (tertiary/aromatic N) is 5. The number of amidine groups is 1. The molecule has 0 radical (unpaired) electrons. The molecular formula is C26H28ClFN6O5S. The lowest BCUT2D eigenvalue weighted by atomic mass is 9.95. The van der Waals surface area contributed by atoms with E-state index in [1.807, 2.05) is 0 Å². The van der Waals surface area contributed by atoms with Crippen molar-refractivity contribution in [2.45, 2.75) is 25.4 Å². The highest BCUT2D eigenvalue weighted by Gasteiger charge is 2.41. The number of benzene rings is 1. The van der Waals surface area contributed by atoms with Crippen LogP contribution < -0.4 is 5.32 Å². The summed E-state index contributed by atoms with van der Waals surface area (Å²) in [5.41, 5.74) is 1.09. The van der Waals surface area contributed by atoms with E-state index in [-0.39, 0.29) is 42.2 Å². The molecule has 212 valence electrons. The van der Waals surface area contributed by atoms with Crippen LogP contribution in [0.5, 0.6) is 0 Å². The van der Waals surface area contributed by atoms with E-state index >= 15 is 0 Å². The molecular weight excluding hydrogens is 563 g/mol. The molecule has 40 heavy (non-hydrogen) atoms. The van der Waals surface area contributed by atoms with Crippen LogP contribution in [0.25, 0.3) is 0 Å². The van der Waals surface area contributed by atoms with Crippen molar-refractivity contribution in [2.24, 2.45) is 4.99 Å². The Morgan fingerprint density at radius 1 is 1.30 bits per heavy atom. The minimum absolute atomic E-state index is 0.112. The van der Waals surface area contributed by atoms with E-state index in [0.29, 0.717) is 54.8 Å². The van der Waals surface area contributed by atoms with Gasteiger partial charge in [-0.05, 0) is 13.0 Å². The van der Waals surface area contributed by atoms with Gasteiger partial charge in [0.2, 0.25) is 0 Å². The molecule has 3 aliphatic heterocycles. The van der Waals surface area contributed by atoms with Crippen molar-refractivity contribution in [3.05, 3.63) is 62.5 Å². The fourth-order valence-electron chi connectivity index (χ4n) is 5.20. The van der Waals surface area contributed by atoms with E-state index in [2.05, 4.69) is 15.2 Å². The highest BCUT2D eigenvalue weighted by atomic mass is 35.5. The Kier molecular flexibility index (Phi) is 8.33. The molecule has 0 saturated carbocycles. The molecule has 0 aliphatic carbocycles. The summed E-state index contributed by atoms with van der Waals surface area (Å²) in [6.07, 6.45) is 1.53. The maximum absolute atomic E-state index is 14.5. The molecule has 4 heterocycles. The number of ether oxygens (including phenoxy) is 1. The third-order valence-corrected chi connectivity index (χ3v) is 8.20. The number of hydrogen-bond donors (Lipinski definition) is 2. The van der Waals surface area contributed by atoms with Crippen molar-refractivity contribution in [2.75, 3.05) is 45.9 Å². The summed E-state index contributed by atoms with van der Waals surface area (Å²) in [5, 5.41) is 14.6. The van der Waals surface area contributed by atoms with Crippen LogP contribution in [-0.4, -0.2) is 101 Å². The molecule has 2 aromatic rings. The molecule has 3 aliphatic rings. The molecule has 5 rings (SSSR count). The molecule has 2 atom stereocenters. The van der Waals surface area contributed by atoms with Gasteiger partial charge in [0.25, 0.3) is 0 Å². The summed E-state index contributed by atoms with van der Waals surface area (Å²) in [6, 6.07) is 3.19. The largest absolute Gasteiger partial charge is 0.481 e. The quantitative estimate of drug-likeness (QED) is 0.427. The summed E-state index contributed by atoms with van der Waals surface area (Å²) in [5.74, 6) is -1.74. The highest BCUT2D eigenvalue weighted by molar-refractivity contribution is 7.11. The number of thiazole rings is 1. The molecule has 1 aromatic carbocycles. The van der Waals surface area contributed by atoms with Crippen molar-refractivity contribution in [3.63, 3.8) is 0 Å². The van der Waals surface area contributed by atoms with Gasteiger partial charge < -0.3 is 25.0 Å². The molecule has 1 aromatic heterocycles. The number of carbonyl (C=O) groups excluding carboxylic acids is 2. The minimum atomic E-state index is -0.952. The highest BCUT2D eigenvalue weighted by Crippen LogP contribution is 2.37. The van der Waals surface area contributed by atoms with E-state index in [9.17, 15) is 18.8 Å². The normalized spacial score (nSPS) is 21.3. The molecule has 2 fully saturated rings. The van der Waals surface area contributed by atoms with Gasteiger partial charge in [-0.2, -0.15) is 0 Å². The number of urea groups is 1. The second-order valence-electron chi connectivity index (χ2n) is 9.55. The molecule has 11 nitrogen and oxygen atoms in total. The SMILES string of the molecule is CCOC(=O)C1=C(CN2CCN3C(=O)N(CCC(=O)O)C[C@@H]3C2)NC(c2nccs2)=N[C@H]1c1cccc(F)c1Cl. The first-order chi connectivity index (χ1) is 19.3. The minimum Gasteiger partial charge on any atom is -0.481 e. The zero-order chi connectivity index (χ0) is 28.4. The second kappa shape index (κ2) is 11.9. The lowest BCUT2D eigenvalue weighted by molar-refractivity contribution is -0.139. The molecule has 2 N–H and O–H groups in total. The Balaban J connectivity index is 1.46. The number of carboxylic acids is 1. The Bertz CT molecular complexity index is 1370. The first-order valence-electron chi connectivity index (χ1n) is 12.8. The Hall–Kier alpha value is -3.55. The van der Waals surface area contributed by atoms with Gasteiger partial charge in [0.1, 0.15) is 11.9 Å². The number of piperazine rings is 1. The van der Waals surface area contributed by atoms with Crippen molar-refractivity contribution in [3.8, 4) is 0 Å². The number of nitrogens with one attached hydrogen (secondary N) is 1. The van der Waals surface area contributed by atoms with E-state index in [1.54, 1.807) is 34.4 Å². The Labute approximate surface area is 238 Å². The first-order valence-corrected chi connectivity index (χ1v) is 14.1. The standard InChI is InChI=1S/C26H28ClFN6O5S/c1-2-39-25(37)20-18(14-32-9-10-34-15(12-32)13-33(26(34)38)8-6-19(35)36)30-23(24-29-7-11-40-24)31-22(20)16-4-3-5-17(28)21(16)27/h3-5,7,11,15,22H,2,6,8-10,12-14H2,1H3,(H,30,31)(H,35,36)/t15-,22-/m0/s1. The lowest BCUT2D eigenvalue weighted by Gasteiger charge is -2.38. The molecule has 0 bridgehead atoms. The van der Waals surface area contributed by atoms with Crippen LogP contribution in [-0.2, 0) is 14.3 Å². The number of aromatic nitrogens is 1. The van der Waals surface area contributed by atoms with Gasteiger partial charge in [-0.15, -0.1) is 11.3 Å². The molecule has 0 unspecified atom stereocenters. The summed E-state index contributed by atoms with van der Waals surface area (Å²) in [6.45, 7) is 4.23. The number of rotatable bonds is 9. The van der Waals surface area contributed by atoms with Crippen LogP contribution in [0.15, 0.2) is 46.0 Å². The van der Waals surface area contributed by atoms with Crippen LogP contribution >= 0.6 is 22.9 Å². The van der Waals surface area contributed by atoms with Gasteiger partial charge in [-0.1, -0.05) is 23.7 Å². The zero-order valence-corrected chi connectivity index (χ0v) is 23.3. The molecule has 2 amide bonds. The number of carbonyl (C=O) groups is 3. The van der Waals surface area contributed by atoms with Crippen LogP contribution in [0, 0.1) is 5.82 Å². The predicted octanol–water partition coefficient (Wildman–Crippen LogP) is 2.74. The first kappa shape index (κ1) is 28.0. The number of hydrogen-bond acceptors (Lipinski definition) is 9. The number of fused-ring (bicyclic) bond motifs is 1.